The number of nitrogens with one attached hydrogen (secondary N) is 1. The summed E-state index contributed by atoms with van der Waals surface area (Å²) < 4.78 is 11.4. The lowest BCUT2D eigenvalue weighted by atomic mass is 10.2. The lowest BCUT2D eigenvalue weighted by molar-refractivity contribution is 0.296. The molecule has 9 heteroatoms. The summed E-state index contributed by atoms with van der Waals surface area (Å²) in [5, 5.41) is 15.4. The summed E-state index contributed by atoms with van der Waals surface area (Å²) in [6, 6.07) is 13.5. The van der Waals surface area contributed by atoms with Crippen LogP contribution in [0.1, 0.15) is 11.4 Å². The highest BCUT2D eigenvalue weighted by Crippen LogP contribution is 2.22. The molecule has 0 saturated carbocycles. The number of ether oxygens (including phenoxy) is 1. The Kier molecular flexibility index (Phi) is 4.66. The molecular formula is C16H12BrN5O2S. The Morgan fingerprint density at radius 3 is 2.80 bits per heavy atom. The second kappa shape index (κ2) is 7.24. The van der Waals surface area contributed by atoms with Gasteiger partial charge in [-0.1, -0.05) is 33.8 Å². The first-order chi connectivity index (χ1) is 12.3. The van der Waals surface area contributed by atoms with Crippen LogP contribution in [0.4, 0.5) is 0 Å². The number of nitrogens with zero attached hydrogens (tertiary/aromatic N) is 4. The maximum Gasteiger partial charge on any atom is 0.208 e. The van der Waals surface area contributed by atoms with Crippen molar-refractivity contribution < 1.29 is 9.37 Å². The number of fused-ring (bicyclic) bond motifs is 1. The lowest BCUT2D eigenvalue weighted by Crippen LogP contribution is -1.97. The highest BCUT2D eigenvalue weighted by molar-refractivity contribution is 9.10. The molecule has 4 aromatic rings. The number of H-pyrrole nitrogens is 1. The Hall–Kier alpha value is -2.39. The molecule has 0 radical (unpaired) electrons. The average Bonchev–Trinajstić information content (AvgIpc) is 3.28. The van der Waals surface area contributed by atoms with Crippen molar-refractivity contribution in [3.63, 3.8) is 0 Å². The second-order valence-corrected chi connectivity index (χ2v) is 7.04. The summed E-state index contributed by atoms with van der Waals surface area (Å²) in [5.74, 6) is 2.19. The van der Waals surface area contributed by atoms with Crippen molar-refractivity contribution in [1.82, 2.24) is 25.5 Å². The maximum absolute atomic E-state index is 5.67. The van der Waals surface area contributed by atoms with Gasteiger partial charge in [0.25, 0.3) is 0 Å². The predicted molar refractivity (Wildman–Crippen MR) is 96.2 cm³/mol. The smallest absolute Gasteiger partial charge is 0.208 e. The van der Waals surface area contributed by atoms with Crippen LogP contribution in [0.15, 0.2) is 56.7 Å². The SMILES string of the molecule is Brc1ccc(OCc2nc(SCc3ccc4nonc4c3)n[nH]2)cc1. The van der Waals surface area contributed by atoms with Gasteiger partial charge in [-0.15, -0.1) is 5.10 Å². The number of rotatable bonds is 6. The quantitative estimate of drug-likeness (QED) is 0.474. The van der Waals surface area contributed by atoms with Gasteiger partial charge < -0.3 is 4.74 Å². The minimum atomic E-state index is 0.339. The summed E-state index contributed by atoms with van der Waals surface area (Å²) in [7, 11) is 0. The molecule has 0 spiro atoms. The molecule has 0 unspecified atom stereocenters. The Morgan fingerprint density at radius 1 is 1.08 bits per heavy atom. The van der Waals surface area contributed by atoms with Crippen LogP contribution >= 0.6 is 27.7 Å². The van der Waals surface area contributed by atoms with Gasteiger partial charge in [0.2, 0.25) is 5.16 Å². The number of benzene rings is 2. The van der Waals surface area contributed by atoms with Crippen molar-refractivity contribution in [2.24, 2.45) is 0 Å². The minimum absolute atomic E-state index is 0.339. The normalized spacial score (nSPS) is 11.1. The van der Waals surface area contributed by atoms with Crippen molar-refractivity contribution in [1.29, 1.82) is 0 Å². The Balaban J connectivity index is 1.33. The lowest BCUT2D eigenvalue weighted by Gasteiger charge is -2.03. The zero-order chi connectivity index (χ0) is 17.1. The zero-order valence-electron chi connectivity index (χ0n) is 12.8. The summed E-state index contributed by atoms with van der Waals surface area (Å²) >= 11 is 4.93. The molecule has 0 bridgehead atoms. The summed E-state index contributed by atoms with van der Waals surface area (Å²) in [4.78, 5) is 4.43. The van der Waals surface area contributed by atoms with E-state index in [0.29, 0.717) is 17.6 Å². The van der Waals surface area contributed by atoms with Crippen LogP contribution in [0.5, 0.6) is 5.75 Å². The molecule has 1 N–H and O–H groups in total. The van der Waals surface area contributed by atoms with E-state index in [1.54, 1.807) is 0 Å². The highest BCUT2D eigenvalue weighted by atomic mass is 79.9. The van der Waals surface area contributed by atoms with Crippen molar-refractivity contribution >= 4 is 38.7 Å². The van der Waals surface area contributed by atoms with Crippen LogP contribution < -0.4 is 4.74 Å². The average molecular weight is 418 g/mol. The van der Waals surface area contributed by atoms with Gasteiger partial charge in [-0.3, -0.25) is 5.10 Å². The van der Waals surface area contributed by atoms with E-state index in [2.05, 4.69) is 41.4 Å². The van der Waals surface area contributed by atoms with E-state index in [0.717, 1.165) is 32.6 Å². The van der Waals surface area contributed by atoms with Gasteiger partial charge in [-0.25, -0.2) is 9.61 Å². The standard InChI is InChI=1S/C16H12BrN5O2S/c17-11-2-4-12(5-3-11)23-8-15-18-16(20-19-15)25-9-10-1-6-13-14(7-10)22-24-21-13/h1-7H,8-9H2,(H,18,19,20). The zero-order valence-corrected chi connectivity index (χ0v) is 15.2. The van der Waals surface area contributed by atoms with Gasteiger partial charge in [0.05, 0.1) is 0 Å². The molecule has 25 heavy (non-hydrogen) atoms. The van der Waals surface area contributed by atoms with E-state index >= 15 is 0 Å². The highest BCUT2D eigenvalue weighted by Gasteiger charge is 2.07. The topological polar surface area (TPSA) is 89.7 Å². The molecule has 4 rings (SSSR count). The fraction of sp³-hybridized carbons (Fsp3) is 0.125. The first-order valence-electron chi connectivity index (χ1n) is 7.40. The van der Waals surface area contributed by atoms with E-state index in [4.69, 9.17) is 9.37 Å². The van der Waals surface area contributed by atoms with Crippen LogP contribution in [0, 0.1) is 0 Å². The van der Waals surface area contributed by atoms with Crippen LogP contribution in [-0.4, -0.2) is 25.5 Å². The van der Waals surface area contributed by atoms with Gasteiger partial charge in [-0.05, 0) is 52.3 Å². The second-order valence-electron chi connectivity index (χ2n) is 5.18. The first kappa shape index (κ1) is 16.1. The third kappa shape index (κ3) is 3.99. The molecule has 0 atom stereocenters. The molecule has 0 aliphatic rings. The van der Waals surface area contributed by atoms with Crippen molar-refractivity contribution in [2.75, 3.05) is 0 Å². The van der Waals surface area contributed by atoms with Crippen LogP contribution in [-0.2, 0) is 12.4 Å². The van der Waals surface area contributed by atoms with Crippen molar-refractivity contribution in [3.05, 3.63) is 58.3 Å². The number of hydrogen-bond donors (Lipinski definition) is 1. The van der Waals surface area contributed by atoms with Crippen LogP contribution in [0.2, 0.25) is 0 Å². The van der Waals surface area contributed by atoms with E-state index in [1.165, 1.54) is 11.8 Å². The number of halogens is 1. The Labute approximate surface area is 155 Å². The van der Waals surface area contributed by atoms with E-state index in [-0.39, 0.29) is 0 Å². The van der Waals surface area contributed by atoms with E-state index < -0.39 is 0 Å². The van der Waals surface area contributed by atoms with Gasteiger partial charge in [0.1, 0.15) is 23.4 Å². The summed E-state index contributed by atoms with van der Waals surface area (Å²) in [6.45, 7) is 0.339. The van der Waals surface area contributed by atoms with Gasteiger partial charge >= 0.3 is 0 Å². The van der Waals surface area contributed by atoms with Crippen molar-refractivity contribution in [3.8, 4) is 5.75 Å². The molecular weight excluding hydrogens is 406 g/mol. The Bertz CT molecular complexity index is 986. The molecule has 2 aromatic carbocycles. The van der Waals surface area contributed by atoms with Gasteiger partial charge in [-0.2, -0.15) is 0 Å². The van der Waals surface area contributed by atoms with Crippen LogP contribution in [0.3, 0.4) is 0 Å². The molecule has 0 amide bonds. The third-order valence-corrected chi connectivity index (χ3v) is 4.83. The number of aromatic nitrogens is 5. The fourth-order valence-electron chi connectivity index (χ4n) is 2.15. The molecule has 0 aliphatic carbocycles. The monoisotopic (exact) mass is 417 g/mol. The molecule has 0 saturated heterocycles. The molecule has 2 heterocycles. The number of hydrogen-bond acceptors (Lipinski definition) is 7. The maximum atomic E-state index is 5.67. The Morgan fingerprint density at radius 2 is 1.92 bits per heavy atom. The molecule has 0 fully saturated rings. The van der Waals surface area contributed by atoms with Crippen LogP contribution in [0.25, 0.3) is 11.0 Å². The predicted octanol–water partition coefficient (Wildman–Crippen LogP) is 3.97. The molecule has 0 aliphatic heterocycles. The minimum Gasteiger partial charge on any atom is -0.486 e. The fourth-order valence-corrected chi connectivity index (χ4v) is 3.18. The number of thioether (sulfide) groups is 1. The van der Waals surface area contributed by atoms with E-state index in [9.17, 15) is 0 Å². The summed E-state index contributed by atoms with van der Waals surface area (Å²) in [5.41, 5.74) is 2.60. The van der Waals surface area contributed by atoms with Gasteiger partial charge in [0, 0.05) is 10.2 Å². The first-order valence-corrected chi connectivity index (χ1v) is 9.18. The number of aromatic amines is 1. The molecule has 126 valence electrons. The van der Waals surface area contributed by atoms with Crippen molar-refractivity contribution in [2.45, 2.75) is 17.5 Å². The molecule has 7 nitrogen and oxygen atoms in total. The third-order valence-electron chi connectivity index (χ3n) is 3.39. The summed E-state index contributed by atoms with van der Waals surface area (Å²) in [6.07, 6.45) is 0. The molecule has 2 aromatic heterocycles. The van der Waals surface area contributed by atoms with E-state index in [1.807, 2.05) is 42.5 Å². The largest absolute Gasteiger partial charge is 0.486 e. The van der Waals surface area contributed by atoms with Gasteiger partial charge in [0.15, 0.2) is 5.82 Å².